The molecule has 6 nitrogen and oxygen atoms in total. The van der Waals surface area contributed by atoms with Crippen molar-refractivity contribution in [1.82, 2.24) is 4.90 Å². The Hall–Kier alpha value is -3.12. The highest BCUT2D eigenvalue weighted by Crippen LogP contribution is 2.39. The Morgan fingerprint density at radius 2 is 1.64 bits per heavy atom. The number of rotatable bonds is 6. The number of carboxylic acid groups (broad SMARTS) is 1. The Kier molecular flexibility index (Phi) is 5.80. The van der Waals surface area contributed by atoms with Gasteiger partial charge in [0, 0.05) is 23.6 Å². The van der Waals surface area contributed by atoms with Crippen LogP contribution in [0.1, 0.15) is 30.0 Å². The molecule has 0 unspecified atom stereocenters. The van der Waals surface area contributed by atoms with E-state index in [9.17, 15) is 19.5 Å². The monoisotopic (exact) mass is 399 g/mol. The molecule has 1 aliphatic heterocycles. The summed E-state index contributed by atoms with van der Waals surface area (Å²) in [6.07, 6.45) is 0.0623. The topological polar surface area (TPSA) is 94.9 Å². The summed E-state index contributed by atoms with van der Waals surface area (Å²) in [6.45, 7) is 0.0791. The van der Waals surface area contributed by atoms with Crippen LogP contribution in [0.25, 0.3) is 5.76 Å². The molecule has 0 aromatic heterocycles. The Balaban J connectivity index is 2.08. The van der Waals surface area contributed by atoms with Gasteiger partial charge in [-0.2, -0.15) is 0 Å². The van der Waals surface area contributed by atoms with Gasteiger partial charge in [0.15, 0.2) is 0 Å². The fourth-order valence-corrected chi connectivity index (χ4v) is 3.38. The van der Waals surface area contributed by atoms with E-state index in [4.69, 9.17) is 16.7 Å². The fraction of sp³-hybridized carbons (Fsp3) is 0.190. The van der Waals surface area contributed by atoms with E-state index < -0.39 is 23.7 Å². The SMILES string of the molecule is O=C(O)CCCN1C(=O)C(=O)/C(=C(/O)c2ccccc2)[C@@H]1c1ccc(Cl)cc1. The van der Waals surface area contributed by atoms with Crippen LogP contribution in [0.5, 0.6) is 0 Å². The van der Waals surface area contributed by atoms with E-state index in [2.05, 4.69) is 0 Å². The van der Waals surface area contributed by atoms with Gasteiger partial charge >= 0.3 is 5.97 Å². The van der Waals surface area contributed by atoms with Gasteiger partial charge in [0.25, 0.3) is 11.7 Å². The zero-order valence-electron chi connectivity index (χ0n) is 14.8. The Labute approximate surface area is 166 Å². The van der Waals surface area contributed by atoms with Crippen LogP contribution >= 0.6 is 11.6 Å². The van der Waals surface area contributed by atoms with Gasteiger partial charge in [-0.15, -0.1) is 0 Å². The smallest absolute Gasteiger partial charge is 0.303 e. The van der Waals surface area contributed by atoms with Crippen LogP contribution in [-0.2, 0) is 14.4 Å². The molecule has 7 heteroatoms. The third kappa shape index (κ3) is 3.92. The number of aliphatic hydroxyl groups excluding tert-OH is 1. The summed E-state index contributed by atoms with van der Waals surface area (Å²) in [5.41, 5.74) is 1.01. The number of hydrogen-bond acceptors (Lipinski definition) is 4. The number of carbonyl (C=O) groups is 3. The first kappa shape index (κ1) is 19.6. The summed E-state index contributed by atoms with van der Waals surface area (Å²) in [4.78, 5) is 37.5. The van der Waals surface area contributed by atoms with E-state index in [-0.39, 0.29) is 30.7 Å². The number of carbonyl (C=O) groups excluding carboxylic acids is 2. The lowest BCUT2D eigenvalue weighted by atomic mass is 9.95. The second-order valence-electron chi connectivity index (χ2n) is 6.41. The summed E-state index contributed by atoms with van der Waals surface area (Å²) in [6, 6.07) is 14.3. The summed E-state index contributed by atoms with van der Waals surface area (Å²) in [5, 5.41) is 20.2. The third-order valence-corrected chi connectivity index (χ3v) is 4.81. The molecule has 0 spiro atoms. The van der Waals surface area contributed by atoms with Crippen LogP contribution in [0.4, 0.5) is 0 Å². The molecule has 1 fully saturated rings. The van der Waals surface area contributed by atoms with Gasteiger partial charge in [0.05, 0.1) is 11.6 Å². The van der Waals surface area contributed by atoms with Crippen molar-refractivity contribution in [2.45, 2.75) is 18.9 Å². The Morgan fingerprint density at radius 1 is 1.00 bits per heavy atom. The molecule has 1 saturated heterocycles. The maximum atomic E-state index is 12.7. The molecule has 28 heavy (non-hydrogen) atoms. The highest BCUT2D eigenvalue weighted by molar-refractivity contribution is 6.46. The minimum Gasteiger partial charge on any atom is -0.507 e. The van der Waals surface area contributed by atoms with E-state index in [1.807, 2.05) is 0 Å². The lowest BCUT2D eigenvalue weighted by Gasteiger charge is -2.25. The van der Waals surface area contributed by atoms with Gasteiger partial charge in [-0.25, -0.2) is 0 Å². The summed E-state index contributed by atoms with van der Waals surface area (Å²) in [7, 11) is 0. The fourth-order valence-electron chi connectivity index (χ4n) is 3.25. The minimum atomic E-state index is -0.982. The van der Waals surface area contributed by atoms with E-state index in [1.165, 1.54) is 4.90 Å². The predicted octanol–water partition coefficient (Wildman–Crippen LogP) is 3.63. The van der Waals surface area contributed by atoms with Gasteiger partial charge in [0.1, 0.15) is 5.76 Å². The number of nitrogens with zero attached hydrogens (tertiary/aromatic N) is 1. The standard InChI is InChI=1S/C21H18ClNO5/c22-15-10-8-13(9-11-15)18-17(19(26)14-5-2-1-3-6-14)20(27)21(28)23(18)12-4-7-16(24)25/h1-3,5-6,8-11,18,26H,4,7,12H2,(H,24,25)/b19-17+/t18-/m0/s1. The van der Waals surface area contributed by atoms with E-state index in [0.29, 0.717) is 16.1 Å². The van der Waals surface area contributed by atoms with Gasteiger partial charge in [-0.1, -0.05) is 54.1 Å². The molecule has 1 heterocycles. The number of aliphatic carboxylic acids is 1. The first-order valence-corrected chi connectivity index (χ1v) is 9.09. The number of aliphatic hydroxyl groups is 1. The average Bonchev–Trinajstić information content (AvgIpc) is 2.93. The molecule has 2 N–H and O–H groups in total. The molecule has 2 aromatic rings. The van der Waals surface area contributed by atoms with Gasteiger partial charge < -0.3 is 15.1 Å². The maximum Gasteiger partial charge on any atom is 0.303 e. The minimum absolute atomic E-state index is 0.0196. The maximum absolute atomic E-state index is 12.7. The highest BCUT2D eigenvalue weighted by atomic mass is 35.5. The highest BCUT2D eigenvalue weighted by Gasteiger charge is 2.45. The molecule has 0 bridgehead atoms. The zero-order chi connectivity index (χ0) is 20.3. The zero-order valence-corrected chi connectivity index (χ0v) is 15.6. The number of ketones is 1. The van der Waals surface area contributed by atoms with Gasteiger partial charge in [0.2, 0.25) is 0 Å². The molecule has 1 aliphatic rings. The lowest BCUT2D eigenvalue weighted by molar-refractivity contribution is -0.140. The predicted molar refractivity (Wildman–Crippen MR) is 104 cm³/mol. The normalized spacial score (nSPS) is 18.5. The van der Waals surface area contributed by atoms with Crippen molar-refractivity contribution in [1.29, 1.82) is 0 Å². The first-order valence-electron chi connectivity index (χ1n) is 8.71. The quantitative estimate of drug-likeness (QED) is 0.439. The Bertz CT molecular complexity index is 937. The number of amides is 1. The number of halogens is 1. The molecule has 1 atom stereocenters. The average molecular weight is 400 g/mol. The van der Waals surface area contributed by atoms with Crippen LogP contribution in [0.15, 0.2) is 60.2 Å². The van der Waals surface area contributed by atoms with Crippen molar-refractivity contribution >= 4 is 35.0 Å². The van der Waals surface area contributed by atoms with Crippen molar-refractivity contribution in [3.05, 3.63) is 76.3 Å². The van der Waals surface area contributed by atoms with Gasteiger partial charge in [-0.05, 0) is 24.1 Å². The van der Waals surface area contributed by atoms with Crippen molar-refractivity contribution in [3.63, 3.8) is 0 Å². The van der Waals surface area contributed by atoms with Crippen molar-refractivity contribution in [3.8, 4) is 0 Å². The first-order chi connectivity index (χ1) is 13.4. The number of likely N-dealkylation sites (tertiary alicyclic amines) is 1. The van der Waals surface area contributed by atoms with Crippen molar-refractivity contribution < 1.29 is 24.6 Å². The van der Waals surface area contributed by atoms with E-state index in [1.54, 1.807) is 54.6 Å². The third-order valence-electron chi connectivity index (χ3n) is 4.56. The molecule has 3 rings (SSSR count). The molecule has 0 radical (unpaired) electrons. The number of benzene rings is 2. The Morgan fingerprint density at radius 3 is 2.25 bits per heavy atom. The number of carboxylic acids is 1. The van der Waals surface area contributed by atoms with Crippen molar-refractivity contribution in [2.75, 3.05) is 6.54 Å². The summed E-state index contributed by atoms with van der Waals surface area (Å²) in [5.74, 6) is -2.80. The summed E-state index contributed by atoms with van der Waals surface area (Å²) < 4.78 is 0. The van der Waals surface area contributed by atoms with Gasteiger partial charge in [-0.3, -0.25) is 14.4 Å². The number of hydrogen-bond donors (Lipinski definition) is 2. The van der Waals surface area contributed by atoms with Crippen molar-refractivity contribution in [2.24, 2.45) is 0 Å². The molecular formula is C21H18ClNO5. The second-order valence-corrected chi connectivity index (χ2v) is 6.84. The van der Waals surface area contributed by atoms with Crippen LogP contribution < -0.4 is 0 Å². The van der Waals surface area contributed by atoms with E-state index in [0.717, 1.165) is 0 Å². The largest absolute Gasteiger partial charge is 0.507 e. The van der Waals surface area contributed by atoms with E-state index >= 15 is 0 Å². The number of Topliss-reactive ketones (excluding diaryl/α,β-unsaturated/α-hetero) is 1. The molecule has 2 aromatic carbocycles. The second kappa shape index (κ2) is 8.27. The van der Waals surface area contributed by atoms with Crippen LogP contribution in [0, 0.1) is 0 Å². The molecule has 1 amide bonds. The summed E-state index contributed by atoms with van der Waals surface area (Å²) >= 11 is 5.95. The van der Waals surface area contributed by atoms with Crippen LogP contribution in [-0.4, -0.2) is 39.3 Å². The van der Waals surface area contributed by atoms with Crippen LogP contribution in [0.3, 0.4) is 0 Å². The molecule has 0 aliphatic carbocycles. The molecule has 0 saturated carbocycles. The van der Waals surface area contributed by atoms with Crippen LogP contribution in [0.2, 0.25) is 5.02 Å². The lowest BCUT2D eigenvalue weighted by Crippen LogP contribution is -2.31. The molecular weight excluding hydrogens is 382 g/mol. The molecule has 144 valence electrons.